The summed E-state index contributed by atoms with van der Waals surface area (Å²) in [5.74, 6) is 0.0772. The first-order valence-electron chi connectivity index (χ1n) is 11.3. The number of methoxy groups -OCH3 is 1. The quantitative estimate of drug-likeness (QED) is 0.169. The van der Waals surface area contributed by atoms with Gasteiger partial charge in [0.1, 0.15) is 5.78 Å². The molecule has 0 rings (SSSR count). The molecule has 0 aromatic heterocycles. The van der Waals surface area contributed by atoms with Crippen molar-refractivity contribution in [2.45, 2.75) is 129 Å². The minimum atomic E-state index is -0.218. The number of ether oxygens (including phenoxy) is 1. The summed E-state index contributed by atoms with van der Waals surface area (Å²) in [7, 11) is 1.39. The Morgan fingerprint density at radius 2 is 0.923 bits per heavy atom. The van der Waals surface area contributed by atoms with E-state index in [-0.39, 0.29) is 5.97 Å². The molecule has 0 bridgehead atoms. The summed E-state index contributed by atoms with van der Waals surface area (Å²) in [4.78, 5) is 22.7. The fourth-order valence-electron chi connectivity index (χ4n) is 3.35. The van der Waals surface area contributed by atoms with Crippen LogP contribution in [-0.2, 0) is 14.3 Å². The van der Waals surface area contributed by atoms with Crippen molar-refractivity contribution in [1.82, 2.24) is 0 Å². The highest BCUT2D eigenvalue weighted by atomic mass is 16.5. The third-order valence-corrected chi connectivity index (χ3v) is 5.12. The SMILES string of the molecule is CCCCCCCCCCCCCCCCCC(=O)CCCC(=O)OC. The van der Waals surface area contributed by atoms with Crippen LogP contribution in [-0.4, -0.2) is 18.9 Å². The number of carbonyl (C=O) groups is 2. The van der Waals surface area contributed by atoms with Crippen molar-refractivity contribution in [1.29, 1.82) is 0 Å². The second-order valence-electron chi connectivity index (χ2n) is 7.67. The molecule has 0 saturated heterocycles. The number of carbonyl (C=O) groups excluding carboxylic acids is 2. The van der Waals surface area contributed by atoms with Crippen molar-refractivity contribution >= 4 is 11.8 Å². The van der Waals surface area contributed by atoms with Gasteiger partial charge in [-0.3, -0.25) is 9.59 Å². The third-order valence-electron chi connectivity index (χ3n) is 5.12. The van der Waals surface area contributed by atoms with Crippen molar-refractivity contribution in [3.8, 4) is 0 Å². The number of rotatable bonds is 20. The number of ketones is 1. The van der Waals surface area contributed by atoms with Crippen molar-refractivity contribution in [3.05, 3.63) is 0 Å². The fourth-order valence-corrected chi connectivity index (χ4v) is 3.35. The van der Waals surface area contributed by atoms with Crippen LogP contribution in [0.1, 0.15) is 129 Å². The molecule has 0 aliphatic rings. The van der Waals surface area contributed by atoms with Crippen molar-refractivity contribution < 1.29 is 14.3 Å². The van der Waals surface area contributed by atoms with E-state index in [0.717, 1.165) is 6.42 Å². The fraction of sp³-hybridized carbons (Fsp3) is 0.913. The van der Waals surface area contributed by atoms with Crippen LogP contribution in [0.15, 0.2) is 0 Å². The highest BCUT2D eigenvalue weighted by Gasteiger charge is 2.05. The summed E-state index contributed by atoms with van der Waals surface area (Å²) in [5.41, 5.74) is 0. The van der Waals surface area contributed by atoms with Gasteiger partial charge in [-0.1, -0.05) is 96.8 Å². The molecule has 0 radical (unpaired) electrons. The zero-order valence-corrected chi connectivity index (χ0v) is 17.7. The van der Waals surface area contributed by atoms with Gasteiger partial charge in [0, 0.05) is 19.3 Å². The van der Waals surface area contributed by atoms with Crippen LogP contribution in [0.5, 0.6) is 0 Å². The summed E-state index contributed by atoms with van der Waals surface area (Å²) in [6.07, 6.45) is 22.4. The van der Waals surface area contributed by atoms with E-state index in [9.17, 15) is 9.59 Å². The topological polar surface area (TPSA) is 43.4 Å². The lowest BCUT2D eigenvalue weighted by atomic mass is 10.0. The molecule has 0 saturated carbocycles. The van der Waals surface area contributed by atoms with Crippen LogP contribution in [0.3, 0.4) is 0 Å². The van der Waals surface area contributed by atoms with Crippen molar-refractivity contribution in [2.75, 3.05) is 7.11 Å². The summed E-state index contributed by atoms with van der Waals surface area (Å²) >= 11 is 0. The largest absolute Gasteiger partial charge is 0.469 e. The van der Waals surface area contributed by atoms with Crippen LogP contribution >= 0.6 is 0 Å². The normalized spacial score (nSPS) is 10.8. The van der Waals surface area contributed by atoms with Gasteiger partial charge in [-0.2, -0.15) is 0 Å². The first-order chi connectivity index (χ1) is 12.7. The maximum Gasteiger partial charge on any atom is 0.305 e. The Morgan fingerprint density at radius 3 is 1.35 bits per heavy atom. The highest BCUT2D eigenvalue weighted by molar-refractivity contribution is 5.79. The van der Waals surface area contributed by atoms with E-state index >= 15 is 0 Å². The predicted octanol–water partition coefficient (Wildman–Crippen LogP) is 7.16. The summed E-state index contributed by atoms with van der Waals surface area (Å²) in [6.45, 7) is 2.27. The Bertz CT molecular complexity index is 325. The Kier molecular flexibility index (Phi) is 19.8. The molecule has 154 valence electrons. The predicted molar refractivity (Wildman–Crippen MR) is 110 cm³/mol. The molecule has 0 fully saturated rings. The van der Waals surface area contributed by atoms with Gasteiger partial charge in [-0.15, -0.1) is 0 Å². The molecule has 0 spiro atoms. The Morgan fingerprint density at radius 1 is 0.538 bits per heavy atom. The van der Waals surface area contributed by atoms with E-state index in [0.29, 0.717) is 31.5 Å². The third kappa shape index (κ3) is 19.5. The Hall–Kier alpha value is -0.860. The van der Waals surface area contributed by atoms with Crippen LogP contribution in [0, 0.1) is 0 Å². The Labute approximate surface area is 162 Å². The monoisotopic (exact) mass is 368 g/mol. The van der Waals surface area contributed by atoms with Gasteiger partial charge in [0.15, 0.2) is 0 Å². The first-order valence-corrected chi connectivity index (χ1v) is 11.3. The summed E-state index contributed by atoms with van der Waals surface area (Å²) in [5, 5.41) is 0. The molecule has 3 nitrogen and oxygen atoms in total. The van der Waals surface area contributed by atoms with Gasteiger partial charge in [0.05, 0.1) is 7.11 Å². The smallest absolute Gasteiger partial charge is 0.305 e. The summed E-state index contributed by atoms with van der Waals surface area (Å²) < 4.78 is 4.57. The molecule has 0 amide bonds. The molecule has 0 heterocycles. The molecule has 26 heavy (non-hydrogen) atoms. The standard InChI is InChI=1S/C23H44O3/c1-3-4-5-6-7-8-9-10-11-12-13-14-15-16-17-19-22(24)20-18-21-23(25)26-2/h3-21H2,1-2H3. The Balaban J connectivity index is 3.15. The number of esters is 1. The lowest BCUT2D eigenvalue weighted by Crippen LogP contribution is -2.03. The molecule has 0 unspecified atom stereocenters. The average Bonchev–Trinajstić information content (AvgIpc) is 2.64. The van der Waals surface area contributed by atoms with Crippen LogP contribution < -0.4 is 0 Å². The number of hydrogen-bond acceptors (Lipinski definition) is 3. The highest BCUT2D eigenvalue weighted by Crippen LogP contribution is 2.14. The van der Waals surface area contributed by atoms with Gasteiger partial charge >= 0.3 is 5.97 Å². The summed E-state index contributed by atoms with van der Waals surface area (Å²) in [6, 6.07) is 0. The molecule has 3 heteroatoms. The second-order valence-corrected chi connectivity index (χ2v) is 7.67. The van der Waals surface area contributed by atoms with Gasteiger partial charge < -0.3 is 4.74 Å². The molecule has 0 aromatic carbocycles. The molecular formula is C23H44O3. The minimum absolute atomic E-state index is 0.218. The second kappa shape index (κ2) is 20.5. The zero-order valence-electron chi connectivity index (χ0n) is 17.7. The van der Waals surface area contributed by atoms with Gasteiger partial charge in [-0.25, -0.2) is 0 Å². The van der Waals surface area contributed by atoms with Gasteiger partial charge in [0.2, 0.25) is 0 Å². The molecule has 0 aromatic rings. The molecule has 0 atom stereocenters. The molecule has 0 aliphatic heterocycles. The van der Waals surface area contributed by atoms with E-state index in [1.165, 1.54) is 97.0 Å². The first kappa shape index (κ1) is 25.1. The lowest BCUT2D eigenvalue weighted by Gasteiger charge is -2.04. The van der Waals surface area contributed by atoms with E-state index in [2.05, 4.69) is 11.7 Å². The van der Waals surface area contributed by atoms with Crippen LogP contribution in [0.2, 0.25) is 0 Å². The molecule has 0 N–H and O–H groups in total. The van der Waals surface area contributed by atoms with Gasteiger partial charge in [-0.05, 0) is 12.8 Å². The van der Waals surface area contributed by atoms with Crippen LogP contribution in [0.4, 0.5) is 0 Å². The van der Waals surface area contributed by atoms with E-state index in [4.69, 9.17) is 0 Å². The molecule has 0 aliphatic carbocycles. The van der Waals surface area contributed by atoms with E-state index in [1.54, 1.807) is 0 Å². The maximum absolute atomic E-state index is 11.7. The lowest BCUT2D eigenvalue weighted by molar-refractivity contribution is -0.140. The minimum Gasteiger partial charge on any atom is -0.469 e. The molecular weight excluding hydrogens is 324 g/mol. The number of Topliss-reactive ketones (excluding diaryl/α,β-unsaturated/α-hetero) is 1. The van der Waals surface area contributed by atoms with E-state index < -0.39 is 0 Å². The van der Waals surface area contributed by atoms with Crippen LogP contribution in [0.25, 0.3) is 0 Å². The number of unbranched alkanes of at least 4 members (excludes halogenated alkanes) is 14. The maximum atomic E-state index is 11.7. The zero-order chi connectivity index (χ0) is 19.3. The van der Waals surface area contributed by atoms with Crippen molar-refractivity contribution in [3.63, 3.8) is 0 Å². The average molecular weight is 369 g/mol. The number of hydrogen-bond donors (Lipinski definition) is 0. The van der Waals surface area contributed by atoms with Gasteiger partial charge in [0.25, 0.3) is 0 Å². The van der Waals surface area contributed by atoms with Crippen molar-refractivity contribution in [2.24, 2.45) is 0 Å². The van der Waals surface area contributed by atoms with E-state index in [1.807, 2.05) is 0 Å².